The van der Waals surface area contributed by atoms with Crippen molar-refractivity contribution in [2.45, 2.75) is 0 Å². The summed E-state index contributed by atoms with van der Waals surface area (Å²) < 4.78 is 5.47. The molecule has 1 aliphatic rings. The number of thiophene rings is 2. The maximum Gasteiger partial charge on any atom is 0.0440 e. The number of benzene rings is 8. The van der Waals surface area contributed by atoms with Crippen molar-refractivity contribution in [2.75, 3.05) is 0 Å². The van der Waals surface area contributed by atoms with Gasteiger partial charge in [0, 0.05) is 56.9 Å². The van der Waals surface area contributed by atoms with Crippen molar-refractivity contribution in [3.63, 3.8) is 0 Å². The van der Waals surface area contributed by atoms with Gasteiger partial charge in [-0.25, -0.2) is 0 Å². The predicted molar refractivity (Wildman–Crippen MR) is 210 cm³/mol. The molecule has 0 amide bonds. The van der Waals surface area contributed by atoms with Crippen molar-refractivity contribution in [3.05, 3.63) is 158 Å². The SMILES string of the molecule is c1ccc(-c2cccc(-c3cc4cc(-c5cccc(-c6ccccc6)c5)c5sc6cccc7c6c5c4c4c3sc3cccc-7c34)c2)cc1. The van der Waals surface area contributed by atoms with Gasteiger partial charge in [0.1, 0.15) is 0 Å². The Morgan fingerprint density at radius 2 is 0.688 bits per heavy atom. The van der Waals surface area contributed by atoms with Crippen LogP contribution >= 0.6 is 22.7 Å². The fourth-order valence-corrected chi connectivity index (χ4v) is 10.6. The first-order chi connectivity index (χ1) is 23.8. The van der Waals surface area contributed by atoms with E-state index in [1.807, 2.05) is 22.7 Å². The fourth-order valence-electron chi connectivity index (χ4n) is 8.07. The molecule has 2 heteroatoms. The molecule has 222 valence electrons. The van der Waals surface area contributed by atoms with Crippen molar-refractivity contribution >= 4 is 73.8 Å². The molecule has 0 atom stereocenters. The highest BCUT2D eigenvalue weighted by molar-refractivity contribution is 7.27. The predicted octanol–water partition coefficient (Wildman–Crippen LogP) is 14.2. The lowest BCUT2D eigenvalue weighted by Gasteiger charge is -2.14. The van der Waals surface area contributed by atoms with Gasteiger partial charge in [0.2, 0.25) is 0 Å². The van der Waals surface area contributed by atoms with Crippen LogP contribution in [0.15, 0.2) is 158 Å². The summed E-state index contributed by atoms with van der Waals surface area (Å²) >= 11 is 3.89. The fraction of sp³-hybridized carbons (Fsp3) is 0. The molecule has 10 aromatic rings. The summed E-state index contributed by atoms with van der Waals surface area (Å²) in [6.07, 6.45) is 0. The quantitative estimate of drug-likeness (QED) is 0.179. The number of fused-ring (bicyclic) bond motifs is 1. The summed E-state index contributed by atoms with van der Waals surface area (Å²) in [7, 11) is 0. The largest absolute Gasteiger partial charge is 0.134 e. The van der Waals surface area contributed by atoms with Gasteiger partial charge in [0.05, 0.1) is 0 Å². The minimum Gasteiger partial charge on any atom is -0.134 e. The first-order valence-electron chi connectivity index (χ1n) is 16.4. The van der Waals surface area contributed by atoms with Crippen molar-refractivity contribution in [3.8, 4) is 55.6 Å². The highest BCUT2D eigenvalue weighted by Gasteiger charge is 2.26. The van der Waals surface area contributed by atoms with Crippen molar-refractivity contribution < 1.29 is 0 Å². The first kappa shape index (κ1) is 26.5. The third-order valence-electron chi connectivity index (χ3n) is 10.2. The van der Waals surface area contributed by atoms with Crippen molar-refractivity contribution in [2.24, 2.45) is 0 Å². The molecule has 11 rings (SSSR count). The summed E-state index contributed by atoms with van der Waals surface area (Å²) in [5.74, 6) is 0. The second kappa shape index (κ2) is 9.98. The molecule has 1 aliphatic carbocycles. The van der Waals surface area contributed by atoms with Gasteiger partial charge < -0.3 is 0 Å². The zero-order valence-corrected chi connectivity index (χ0v) is 27.5. The van der Waals surface area contributed by atoms with E-state index in [1.54, 1.807) is 0 Å². The lowest BCUT2D eigenvalue weighted by molar-refractivity contribution is 1.61. The van der Waals surface area contributed by atoms with E-state index in [9.17, 15) is 0 Å². The zero-order valence-electron chi connectivity index (χ0n) is 25.8. The summed E-state index contributed by atoms with van der Waals surface area (Å²) in [6.45, 7) is 0. The molecule has 0 radical (unpaired) electrons. The van der Waals surface area contributed by atoms with Crippen LogP contribution in [0, 0.1) is 0 Å². The van der Waals surface area contributed by atoms with E-state index in [0.29, 0.717) is 0 Å². The molecule has 0 saturated heterocycles. The Kier molecular flexibility index (Phi) is 5.51. The minimum atomic E-state index is 1.24. The number of rotatable bonds is 4. The van der Waals surface area contributed by atoms with E-state index in [0.717, 1.165) is 0 Å². The smallest absolute Gasteiger partial charge is 0.0440 e. The molecule has 0 aliphatic heterocycles. The Morgan fingerprint density at radius 1 is 0.271 bits per heavy atom. The van der Waals surface area contributed by atoms with Crippen LogP contribution in [0.4, 0.5) is 0 Å². The molecule has 2 heterocycles. The van der Waals surface area contributed by atoms with Crippen LogP contribution in [0.25, 0.3) is 107 Å². The molecule has 0 saturated carbocycles. The summed E-state index contributed by atoms with van der Waals surface area (Å²) in [6, 6.07) is 58.5. The highest BCUT2D eigenvalue weighted by atomic mass is 32.1. The Labute approximate surface area is 285 Å². The first-order valence-corrected chi connectivity index (χ1v) is 18.1. The number of hydrogen-bond acceptors (Lipinski definition) is 2. The minimum absolute atomic E-state index is 1.24. The molecular weight excluding hydrogens is 617 g/mol. The second-order valence-electron chi connectivity index (χ2n) is 12.8. The molecule has 0 fully saturated rings. The lowest BCUT2D eigenvalue weighted by Crippen LogP contribution is -1.87. The van der Waals surface area contributed by atoms with E-state index >= 15 is 0 Å². The average Bonchev–Trinajstić information content (AvgIpc) is 3.71. The van der Waals surface area contributed by atoms with Gasteiger partial charge in [-0.15, -0.1) is 22.7 Å². The van der Waals surface area contributed by atoms with Gasteiger partial charge in [-0.3, -0.25) is 0 Å². The van der Waals surface area contributed by atoms with Crippen LogP contribution in [0.3, 0.4) is 0 Å². The molecule has 0 N–H and O–H groups in total. The molecule has 8 aromatic carbocycles. The number of hydrogen-bond donors (Lipinski definition) is 0. The topological polar surface area (TPSA) is 0 Å². The Balaban J connectivity index is 1.29. The third-order valence-corrected chi connectivity index (χ3v) is 12.5. The molecule has 48 heavy (non-hydrogen) atoms. The van der Waals surface area contributed by atoms with Crippen molar-refractivity contribution in [1.29, 1.82) is 0 Å². The van der Waals surface area contributed by atoms with Gasteiger partial charge in [-0.05, 0) is 86.3 Å². The molecular formula is C46H26S2. The highest BCUT2D eigenvalue weighted by Crippen LogP contribution is 2.56. The van der Waals surface area contributed by atoms with E-state index < -0.39 is 0 Å². The van der Waals surface area contributed by atoms with Crippen LogP contribution < -0.4 is 0 Å². The van der Waals surface area contributed by atoms with E-state index in [2.05, 4.69) is 158 Å². The Morgan fingerprint density at radius 3 is 1.17 bits per heavy atom. The molecule has 0 spiro atoms. The monoisotopic (exact) mass is 642 g/mol. The van der Waals surface area contributed by atoms with E-state index in [1.165, 1.54) is 107 Å². The summed E-state index contributed by atoms with van der Waals surface area (Å²) in [5.41, 5.74) is 12.8. The molecule has 0 unspecified atom stereocenters. The van der Waals surface area contributed by atoms with Gasteiger partial charge in [0.15, 0.2) is 0 Å². The Bertz CT molecular complexity index is 2730. The zero-order chi connectivity index (χ0) is 31.3. The lowest BCUT2D eigenvalue weighted by atomic mass is 9.90. The maximum absolute atomic E-state index is 2.48. The normalized spacial score (nSPS) is 12.2. The molecule has 2 aromatic heterocycles. The Hall–Kier alpha value is -5.54. The van der Waals surface area contributed by atoms with Gasteiger partial charge in [-0.1, -0.05) is 121 Å². The van der Waals surface area contributed by atoms with Gasteiger partial charge in [-0.2, -0.15) is 0 Å². The van der Waals surface area contributed by atoms with Crippen molar-refractivity contribution in [1.82, 2.24) is 0 Å². The van der Waals surface area contributed by atoms with Gasteiger partial charge >= 0.3 is 0 Å². The standard InChI is InChI=1S/C46H26S2/c1-3-11-27(12-4-1)29-15-7-17-31(23-29)36-25-33-26-37(32-18-8-16-30(24-32)28-13-5-2-6-14-28)46-44-40(33)43-41-34(19-9-21-38(41)47-45(36)43)35-20-10-22-39(48-46)42(35)44/h1-26H. The average molecular weight is 643 g/mol. The summed E-state index contributed by atoms with van der Waals surface area (Å²) in [5, 5.41) is 8.33. The molecule has 0 nitrogen and oxygen atoms in total. The van der Waals surface area contributed by atoms with E-state index in [4.69, 9.17) is 0 Å². The second-order valence-corrected chi connectivity index (χ2v) is 14.9. The van der Waals surface area contributed by atoms with E-state index in [-0.39, 0.29) is 0 Å². The van der Waals surface area contributed by atoms with Crippen LogP contribution in [0.2, 0.25) is 0 Å². The van der Waals surface area contributed by atoms with Crippen LogP contribution in [-0.4, -0.2) is 0 Å². The third kappa shape index (κ3) is 3.70. The van der Waals surface area contributed by atoms with Gasteiger partial charge in [0.25, 0.3) is 0 Å². The maximum atomic E-state index is 2.48. The molecule has 0 bridgehead atoms. The van der Waals surface area contributed by atoms with Crippen LogP contribution in [-0.2, 0) is 0 Å². The summed E-state index contributed by atoms with van der Waals surface area (Å²) in [4.78, 5) is 0. The van der Waals surface area contributed by atoms with Crippen LogP contribution in [0.1, 0.15) is 0 Å². The van der Waals surface area contributed by atoms with Crippen LogP contribution in [0.5, 0.6) is 0 Å².